The molecule has 0 radical (unpaired) electrons. The van der Waals surface area contributed by atoms with Crippen LogP contribution in [0.25, 0.3) is 17.0 Å². The predicted molar refractivity (Wildman–Crippen MR) is 157 cm³/mol. The van der Waals surface area contributed by atoms with Crippen molar-refractivity contribution in [3.8, 4) is 5.75 Å². The van der Waals surface area contributed by atoms with E-state index >= 15 is 0 Å². The minimum atomic E-state index is -0.543. The lowest BCUT2D eigenvalue weighted by Gasteiger charge is -2.13. The average molecular weight is 601 g/mol. The van der Waals surface area contributed by atoms with Gasteiger partial charge < -0.3 is 14.6 Å². The van der Waals surface area contributed by atoms with Crippen molar-refractivity contribution in [3.05, 3.63) is 98.0 Å². The number of amides is 3. The summed E-state index contributed by atoms with van der Waals surface area (Å²) in [7, 11) is 1.49. The van der Waals surface area contributed by atoms with Crippen LogP contribution in [0.3, 0.4) is 0 Å². The Balaban J connectivity index is 1.37. The van der Waals surface area contributed by atoms with Gasteiger partial charge in [-0.25, -0.2) is 0 Å². The van der Waals surface area contributed by atoms with Crippen LogP contribution in [-0.4, -0.2) is 40.2 Å². The molecule has 0 atom stereocenters. The summed E-state index contributed by atoms with van der Waals surface area (Å²) in [6.45, 7) is -0.0116. The Morgan fingerprint density at radius 3 is 2.46 bits per heavy atom. The van der Waals surface area contributed by atoms with Crippen LogP contribution in [0.2, 0.25) is 15.1 Å². The number of rotatable bonds is 7. The zero-order valence-electron chi connectivity index (χ0n) is 20.4. The Kier molecular flexibility index (Phi) is 7.91. The second-order valence-corrected chi connectivity index (χ2v) is 10.8. The van der Waals surface area contributed by atoms with E-state index in [1.54, 1.807) is 36.4 Å². The molecule has 0 spiro atoms. The summed E-state index contributed by atoms with van der Waals surface area (Å²) in [6, 6.07) is 17.8. The molecule has 1 fully saturated rings. The van der Waals surface area contributed by atoms with Crippen LogP contribution in [0.15, 0.2) is 71.8 Å². The molecule has 198 valence electrons. The molecule has 1 aliphatic heterocycles. The number of ether oxygens (including phenoxy) is 1. The number of imide groups is 1. The van der Waals surface area contributed by atoms with E-state index in [1.807, 2.05) is 35.0 Å². The highest BCUT2D eigenvalue weighted by atomic mass is 35.5. The van der Waals surface area contributed by atoms with E-state index in [0.717, 1.165) is 38.7 Å². The summed E-state index contributed by atoms with van der Waals surface area (Å²) < 4.78 is 7.10. The third-order valence-electron chi connectivity index (χ3n) is 6.11. The Morgan fingerprint density at radius 2 is 1.74 bits per heavy atom. The van der Waals surface area contributed by atoms with Gasteiger partial charge in [-0.2, -0.15) is 0 Å². The molecule has 2 heterocycles. The van der Waals surface area contributed by atoms with E-state index in [2.05, 4.69) is 5.32 Å². The predicted octanol–water partition coefficient (Wildman–Crippen LogP) is 7.33. The minimum Gasteiger partial charge on any atom is -0.495 e. The largest absolute Gasteiger partial charge is 0.495 e. The quantitative estimate of drug-likeness (QED) is 0.225. The summed E-state index contributed by atoms with van der Waals surface area (Å²) in [4.78, 5) is 39.5. The molecule has 0 saturated carbocycles. The maximum Gasteiger partial charge on any atom is 0.294 e. The Labute approximate surface area is 243 Å². The van der Waals surface area contributed by atoms with Gasteiger partial charge in [0.15, 0.2) is 0 Å². The van der Waals surface area contributed by atoms with Gasteiger partial charge in [-0.3, -0.25) is 19.3 Å². The van der Waals surface area contributed by atoms with Crippen molar-refractivity contribution in [2.24, 2.45) is 0 Å². The molecule has 39 heavy (non-hydrogen) atoms. The molecule has 0 unspecified atom stereocenters. The van der Waals surface area contributed by atoms with Gasteiger partial charge >= 0.3 is 0 Å². The number of nitrogens with zero attached hydrogens (tertiary/aromatic N) is 2. The van der Waals surface area contributed by atoms with E-state index < -0.39 is 23.6 Å². The highest BCUT2D eigenvalue weighted by molar-refractivity contribution is 8.18. The fourth-order valence-corrected chi connectivity index (χ4v) is 5.84. The molecule has 0 aliphatic carbocycles. The first kappa shape index (κ1) is 27.1. The molecule has 11 heteroatoms. The van der Waals surface area contributed by atoms with Crippen LogP contribution >= 0.6 is 46.6 Å². The number of anilines is 1. The van der Waals surface area contributed by atoms with Crippen molar-refractivity contribution >= 4 is 86.3 Å². The Bertz CT molecular complexity index is 1650. The molecule has 3 aromatic carbocycles. The fraction of sp³-hybridized carbons (Fsp3) is 0.107. The summed E-state index contributed by atoms with van der Waals surface area (Å²) >= 11 is 19.7. The molecule has 0 bridgehead atoms. The van der Waals surface area contributed by atoms with E-state index in [9.17, 15) is 14.4 Å². The first-order valence-corrected chi connectivity index (χ1v) is 13.6. The Morgan fingerprint density at radius 1 is 1.00 bits per heavy atom. The summed E-state index contributed by atoms with van der Waals surface area (Å²) in [6.07, 6.45) is 3.55. The molecular weight excluding hydrogens is 581 g/mol. The van der Waals surface area contributed by atoms with E-state index in [0.29, 0.717) is 33.0 Å². The zero-order chi connectivity index (χ0) is 27.7. The summed E-state index contributed by atoms with van der Waals surface area (Å²) in [5, 5.41) is 4.44. The molecule has 1 aliphatic rings. The summed E-state index contributed by atoms with van der Waals surface area (Å²) in [5.74, 6) is -0.617. The minimum absolute atomic E-state index is 0.221. The fourth-order valence-electron chi connectivity index (χ4n) is 4.24. The number of carbonyl (C=O) groups excluding carboxylic acids is 3. The molecule has 1 aromatic heterocycles. The van der Waals surface area contributed by atoms with Crippen LogP contribution in [0.4, 0.5) is 10.5 Å². The standard InChI is InChI=1S/C28H20Cl3N3O4S/c1-38-24-10-9-17(12-22(24)31)32-26(35)15-34-27(36)25(39-28(34)37)11-16-13-33(23-8-3-2-5-18(16)23)14-19-20(29)6-4-7-21(19)30/h2-13H,14-15H2,1H3,(H,32,35)/b25-11-. The SMILES string of the molecule is COc1ccc(NC(=O)CN2C(=O)S/C(=C\c3cn(Cc4c(Cl)cccc4Cl)c4ccccc34)C2=O)cc1Cl. The number of aromatic nitrogens is 1. The van der Waals surface area contributed by atoms with Crippen molar-refractivity contribution in [1.29, 1.82) is 0 Å². The summed E-state index contributed by atoms with van der Waals surface area (Å²) in [5.41, 5.74) is 2.85. The number of benzene rings is 3. The molecular formula is C28H20Cl3N3O4S. The van der Waals surface area contributed by atoms with Gasteiger partial charge in [0.1, 0.15) is 12.3 Å². The zero-order valence-corrected chi connectivity index (χ0v) is 23.5. The number of nitrogens with one attached hydrogen (secondary N) is 1. The highest BCUT2D eigenvalue weighted by Gasteiger charge is 2.36. The van der Waals surface area contributed by atoms with Crippen molar-refractivity contribution in [3.63, 3.8) is 0 Å². The van der Waals surface area contributed by atoms with Gasteiger partial charge in [-0.15, -0.1) is 0 Å². The monoisotopic (exact) mass is 599 g/mol. The maximum absolute atomic E-state index is 13.1. The number of para-hydroxylation sites is 1. The lowest BCUT2D eigenvalue weighted by Crippen LogP contribution is -2.36. The lowest BCUT2D eigenvalue weighted by molar-refractivity contribution is -0.127. The van der Waals surface area contributed by atoms with Crippen molar-refractivity contribution in [1.82, 2.24) is 9.47 Å². The number of hydrogen-bond donors (Lipinski definition) is 1. The van der Waals surface area contributed by atoms with Gasteiger partial charge in [-0.05, 0) is 54.2 Å². The normalized spacial score (nSPS) is 14.5. The number of thioether (sulfide) groups is 1. The van der Waals surface area contributed by atoms with Crippen LogP contribution < -0.4 is 10.1 Å². The second-order valence-electron chi connectivity index (χ2n) is 8.60. The molecule has 5 rings (SSSR count). The Hall–Kier alpha value is -3.43. The third-order valence-corrected chi connectivity index (χ3v) is 8.02. The number of carbonyl (C=O) groups is 3. The number of hydrogen-bond acceptors (Lipinski definition) is 5. The van der Waals surface area contributed by atoms with Crippen LogP contribution in [0.1, 0.15) is 11.1 Å². The second kappa shape index (κ2) is 11.4. The first-order chi connectivity index (χ1) is 18.7. The van der Waals surface area contributed by atoms with Crippen LogP contribution in [0.5, 0.6) is 5.75 Å². The third kappa shape index (κ3) is 5.65. The van der Waals surface area contributed by atoms with Gasteiger partial charge in [0.05, 0.1) is 23.6 Å². The average Bonchev–Trinajstić information content (AvgIpc) is 3.38. The number of methoxy groups -OCH3 is 1. The molecule has 4 aromatic rings. The molecule has 1 N–H and O–H groups in total. The van der Waals surface area contributed by atoms with E-state index in [4.69, 9.17) is 39.5 Å². The van der Waals surface area contributed by atoms with Crippen LogP contribution in [-0.2, 0) is 16.1 Å². The topological polar surface area (TPSA) is 80.6 Å². The molecule has 1 saturated heterocycles. The highest BCUT2D eigenvalue weighted by Crippen LogP contribution is 2.35. The first-order valence-electron chi connectivity index (χ1n) is 11.6. The smallest absolute Gasteiger partial charge is 0.294 e. The lowest BCUT2D eigenvalue weighted by atomic mass is 10.1. The van der Waals surface area contributed by atoms with Crippen molar-refractivity contribution in [2.75, 3.05) is 19.0 Å². The molecule has 7 nitrogen and oxygen atoms in total. The van der Waals surface area contributed by atoms with Gasteiger partial charge in [-0.1, -0.05) is 59.1 Å². The van der Waals surface area contributed by atoms with Gasteiger partial charge in [0, 0.05) is 44.0 Å². The van der Waals surface area contributed by atoms with Crippen LogP contribution in [0, 0.1) is 0 Å². The number of fused-ring (bicyclic) bond motifs is 1. The maximum atomic E-state index is 13.1. The van der Waals surface area contributed by atoms with Gasteiger partial charge in [0.25, 0.3) is 11.1 Å². The van der Waals surface area contributed by atoms with E-state index in [1.165, 1.54) is 13.2 Å². The number of halogens is 3. The van der Waals surface area contributed by atoms with Crippen molar-refractivity contribution < 1.29 is 19.1 Å². The van der Waals surface area contributed by atoms with Crippen molar-refractivity contribution in [2.45, 2.75) is 6.54 Å². The van der Waals surface area contributed by atoms with Gasteiger partial charge in [0.2, 0.25) is 5.91 Å². The molecule has 3 amide bonds. The van der Waals surface area contributed by atoms with E-state index in [-0.39, 0.29) is 4.91 Å².